The average Bonchev–Trinajstić information content (AvgIpc) is 3.26. The highest BCUT2D eigenvalue weighted by molar-refractivity contribution is 6.04. The van der Waals surface area contributed by atoms with Crippen molar-refractivity contribution in [3.8, 4) is 5.75 Å². The number of aromatic nitrogens is 2. The molecule has 1 aliphatic heterocycles. The van der Waals surface area contributed by atoms with Crippen molar-refractivity contribution < 1.29 is 14.3 Å². The summed E-state index contributed by atoms with van der Waals surface area (Å²) in [6.07, 6.45) is 5.56. The lowest BCUT2D eigenvalue weighted by atomic mass is 10.1. The van der Waals surface area contributed by atoms with Crippen LogP contribution in [0, 0.1) is 6.92 Å². The van der Waals surface area contributed by atoms with Crippen LogP contribution in [0.15, 0.2) is 30.6 Å². The van der Waals surface area contributed by atoms with Gasteiger partial charge in [-0.25, -0.2) is 0 Å². The molecule has 0 radical (unpaired) electrons. The number of rotatable bonds is 5. The van der Waals surface area contributed by atoms with Gasteiger partial charge in [-0.2, -0.15) is 5.10 Å². The summed E-state index contributed by atoms with van der Waals surface area (Å²) in [5.74, 6) is 0.461. The molecule has 3 rings (SSSR count). The lowest BCUT2D eigenvalue weighted by Gasteiger charge is -2.18. The maximum atomic E-state index is 12.6. The molecule has 140 valence electrons. The summed E-state index contributed by atoms with van der Waals surface area (Å²) in [7, 11) is 0. The number of nitrogens with one attached hydrogen (secondary N) is 1. The van der Waals surface area contributed by atoms with Crippen LogP contribution in [0.25, 0.3) is 0 Å². The van der Waals surface area contributed by atoms with Crippen molar-refractivity contribution in [2.24, 2.45) is 0 Å². The molecule has 1 aromatic heterocycles. The van der Waals surface area contributed by atoms with E-state index in [0.717, 1.165) is 25.0 Å². The fraction of sp³-hybridized carbons (Fsp3) is 0.500. The van der Waals surface area contributed by atoms with Gasteiger partial charge in [0.05, 0.1) is 29.1 Å². The van der Waals surface area contributed by atoms with Gasteiger partial charge in [-0.15, -0.1) is 0 Å². The molecule has 2 heterocycles. The van der Waals surface area contributed by atoms with Crippen molar-refractivity contribution in [1.29, 1.82) is 0 Å². The molecule has 0 unspecified atom stereocenters. The topological polar surface area (TPSA) is 65.4 Å². The Hall–Kier alpha value is -2.34. The number of ether oxygens (including phenoxy) is 2. The van der Waals surface area contributed by atoms with E-state index in [1.165, 1.54) is 0 Å². The second-order valence-corrected chi connectivity index (χ2v) is 7.74. The van der Waals surface area contributed by atoms with E-state index >= 15 is 0 Å². The quantitative estimate of drug-likeness (QED) is 0.885. The molecule has 1 saturated heterocycles. The van der Waals surface area contributed by atoms with E-state index < -0.39 is 0 Å². The standard InChI is InChI=1S/C20H27N3O3/c1-14-7-8-17(18(10-14)26-13-16-6-5-9-25-16)22-19(24)15-11-21-23(12-15)20(2,3)4/h7-8,10-12,16H,5-6,9,13H2,1-4H3,(H,22,24)/t16-/m0/s1. The van der Waals surface area contributed by atoms with Crippen LogP contribution in [0.5, 0.6) is 5.75 Å². The molecule has 6 nitrogen and oxygen atoms in total. The smallest absolute Gasteiger partial charge is 0.258 e. The minimum Gasteiger partial charge on any atom is -0.489 e. The zero-order chi connectivity index (χ0) is 18.7. The summed E-state index contributed by atoms with van der Waals surface area (Å²) in [5, 5.41) is 7.22. The summed E-state index contributed by atoms with van der Waals surface area (Å²) >= 11 is 0. The maximum absolute atomic E-state index is 12.6. The molecule has 6 heteroatoms. The Balaban J connectivity index is 1.71. The van der Waals surface area contributed by atoms with Crippen LogP contribution in [0.1, 0.15) is 49.5 Å². The molecule has 1 aliphatic rings. The van der Waals surface area contributed by atoms with Gasteiger partial charge in [0.15, 0.2) is 0 Å². The van der Waals surface area contributed by atoms with Gasteiger partial charge in [-0.1, -0.05) is 6.07 Å². The molecule has 2 aromatic rings. The van der Waals surface area contributed by atoms with Crippen LogP contribution in [-0.2, 0) is 10.3 Å². The molecule has 1 amide bonds. The molecule has 0 spiro atoms. The zero-order valence-corrected chi connectivity index (χ0v) is 15.9. The van der Waals surface area contributed by atoms with Crippen LogP contribution in [-0.4, -0.2) is 35.0 Å². The molecule has 0 bridgehead atoms. The van der Waals surface area contributed by atoms with Crippen molar-refractivity contribution in [3.63, 3.8) is 0 Å². The molecule has 1 fully saturated rings. The van der Waals surface area contributed by atoms with Crippen LogP contribution < -0.4 is 10.1 Å². The highest BCUT2D eigenvalue weighted by atomic mass is 16.5. The fourth-order valence-electron chi connectivity index (χ4n) is 2.81. The first kappa shape index (κ1) is 18.5. The minimum atomic E-state index is -0.202. The third-order valence-electron chi connectivity index (χ3n) is 4.37. The first-order valence-corrected chi connectivity index (χ1v) is 9.04. The SMILES string of the molecule is Cc1ccc(NC(=O)c2cnn(C(C)(C)C)c2)c(OC[C@@H]2CCCO2)c1. The van der Waals surface area contributed by atoms with Gasteiger partial charge in [0.1, 0.15) is 12.4 Å². The van der Waals surface area contributed by atoms with Crippen molar-refractivity contribution in [2.45, 2.75) is 52.2 Å². The monoisotopic (exact) mass is 357 g/mol. The number of aryl methyl sites for hydroxylation is 1. The van der Waals surface area contributed by atoms with Gasteiger partial charge in [-0.3, -0.25) is 9.48 Å². The first-order chi connectivity index (χ1) is 12.3. The second-order valence-electron chi connectivity index (χ2n) is 7.74. The Bertz CT molecular complexity index is 771. The van der Waals surface area contributed by atoms with Crippen molar-refractivity contribution in [1.82, 2.24) is 9.78 Å². The Labute approximate surface area is 154 Å². The Kier molecular flexibility index (Phi) is 5.32. The Morgan fingerprint density at radius 1 is 1.42 bits per heavy atom. The summed E-state index contributed by atoms with van der Waals surface area (Å²) in [6, 6.07) is 5.75. The molecule has 26 heavy (non-hydrogen) atoms. The zero-order valence-electron chi connectivity index (χ0n) is 15.9. The number of hydrogen-bond acceptors (Lipinski definition) is 4. The highest BCUT2D eigenvalue weighted by Gasteiger charge is 2.19. The van der Waals surface area contributed by atoms with Crippen LogP contribution in [0.4, 0.5) is 5.69 Å². The van der Waals surface area contributed by atoms with Crippen LogP contribution in [0.3, 0.4) is 0 Å². The minimum absolute atomic E-state index is 0.129. The fourth-order valence-corrected chi connectivity index (χ4v) is 2.81. The summed E-state index contributed by atoms with van der Waals surface area (Å²) in [5.41, 5.74) is 2.08. The summed E-state index contributed by atoms with van der Waals surface area (Å²) < 4.78 is 13.3. The maximum Gasteiger partial charge on any atom is 0.258 e. The van der Waals surface area contributed by atoms with Crippen LogP contribution in [0.2, 0.25) is 0 Å². The van der Waals surface area contributed by atoms with Crippen molar-refractivity contribution in [2.75, 3.05) is 18.5 Å². The van der Waals surface area contributed by atoms with Gasteiger partial charge in [-0.05, 0) is 58.2 Å². The normalized spacial score (nSPS) is 17.3. The Morgan fingerprint density at radius 2 is 2.23 bits per heavy atom. The number of hydrogen-bond donors (Lipinski definition) is 1. The predicted molar refractivity (Wildman–Crippen MR) is 101 cm³/mol. The third kappa shape index (κ3) is 4.43. The van der Waals surface area contributed by atoms with Gasteiger partial charge >= 0.3 is 0 Å². The van der Waals surface area contributed by atoms with E-state index in [2.05, 4.69) is 10.4 Å². The molecule has 1 aromatic carbocycles. The molecule has 0 saturated carbocycles. The largest absolute Gasteiger partial charge is 0.489 e. The number of carbonyl (C=O) groups is 1. The Morgan fingerprint density at radius 3 is 2.88 bits per heavy atom. The molecule has 0 aliphatic carbocycles. The van der Waals surface area contributed by atoms with Gasteiger partial charge in [0, 0.05) is 12.8 Å². The van der Waals surface area contributed by atoms with Crippen LogP contribution >= 0.6 is 0 Å². The third-order valence-corrected chi connectivity index (χ3v) is 4.37. The van der Waals surface area contributed by atoms with E-state index in [1.54, 1.807) is 17.1 Å². The number of benzene rings is 1. The number of anilines is 1. The first-order valence-electron chi connectivity index (χ1n) is 9.04. The lowest BCUT2D eigenvalue weighted by Crippen LogP contribution is -2.22. The van der Waals surface area contributed by atoms with E-state index in [9.17, 15) is 4.79 Å². The highest BCUT2D eigenvalue weighted by Crippen LogP contribution is 2.27. The van der Waals surface area contributed by atoms with Crippen molar-refractivity contribution in [3.05, 3.63) is 41.7 Å². The van der Waals surface area contributed by atoms with E-state index in [4.69, 9.17) is 9.47 Å². The average molecular weight is 357 g/mol. The van der Waals surface area contributed by atoms with E-state index in [-0.39, 0.29) is 17.6 Å². The summed E-state index contributed by atoms with van der Waals surface area (Å²) in [6.45, 7) is 9.41. The lowest BCUT2D eigenvalue weighted by molar-refractivity contribution is 0.0681. The number of carbonyl (C=O) groups excluding carboxylic acids is 1. The summed E-state index contributed by atoms with van der Waals surface area (Å²) in [4.78, 5) is 12.6. The molecular formula is C20H27N3O3. The van der Waals surface area contributed by atoms with E-state index in [0.29, 0.717) is 23.6 Å². The molecule has 1 atom stereocenters. The van der Waals surface area contributed by atoms with Gasteiger partial charge in [0.25, 0.3) is 5.91 Å². The number of nitrogens with zero attached hydrogens (tertiary/aromatic N) is 2. The van der Waals surface area contributed by atoms with E-state index in [1.807, 2.05) is 45.9 Å². The molecule has 1 N–H and O–H groups in total. The molecular weight excluding hydrogens is 330 g/mol. The predicted octanol–water partition coefficient (Wildman–Crippen LogP) is 3.76. The van der Waals surface area contributed by atoms with Gasteiger partial charge < -0.3 is 14.8 Å². The van der Waals surface area contributed by atoms with Gasteiger partial charge in [0.2, 0.25) is 0 Å². The second kappa shape index (κ2) is 7.50. The van der Waals surface area contributed by atoms with Crippen molar-refractivity contribution >= 4 is 11.6 Å². The number of amides is 1.